The molecule has 0 bridgehead atoms. The topological polar surface area (TPSA) is 66.3 Å². The lowest BCUT2D eigenvalue weighted by molar-refractivity contribution is -0.131. The highest BCUT2D eigenvalue weighted by Gasteiger charge is 2.02. The lowest BCUT2D eigenvalue weighted by Gasteiger charge is -2.15. The molecule has 5 heteroatoms. The van der Waals surface area contributed by atoms with Crippen LogP contribution in [0.4, 0.5) is 5.95 Å². The van der Waals surface area contributed by atoms with Crippen LogP contribution >= 0.6 is 0 Å². The fraction of sp³-hybridized carbons (Fsp3) is 0.417. The Morgan fingerprint density at radius 2 is 2.12 bits per heavy atom. The van der Waals surface area contributed by atoms with Gasteiger partial charge in [0.15, 0.2) is 0 Å². The fourth-order valence-corrected chi connectivity index (χ4v) is 1.28. The molecule has 0 saturated heterocycles. The summed E-state index contributed by atoms with van der Waals surface area (Å²) in [5.74, 6) is -0.319. The normalized spacial score (nSPS) is 10.7. The van der Waals surface area contributed by atoms with E-state index in [1.54, 1.807) is 12.4 Å². The molecule has 5 nitrogen and oxygen atoms in total. The zero-order valence-electron chi connectivity index (χ0n) is 10.1. The molecule has 0 saturated carbocycles. The van der Waals surface area contributed by atoms with E-state index in [1.807, 2.05) is 11.9 Å². The summed E-state index contributed by atoms with van der Waals surface area (Å²) in [5.41, 5.74) is 0.681. The third-order valence-corrected chi connectivity index (χ3v) is 2.27. The molecular formula is C12H17N3O2. The number of hydrogen-bond acceptors (Lipinski definition) is 4. The molecule has 0 fully saturated rings. The molecule has 1 aromatic heterocycles. The Bertz CT molecular complexity index is 387. The van der Waals surface area contributed by atoms with Gasteiger partial charge in [0.05, 0.1) is 0 Å². The molecule has 17 heavy (non-hydrogen) atoms. The predicted molar refractivity (Wildman–Crippen MR) is 66.9 cm³/mol. The quantitative estimate of drug-likeness (QED) is 0.762. The Hall–Kier alpha value is -1.91. The molecule has 0 radical (unpaired) electrons. The van der Waals surface area contributed by atoms with Crippen LogP contribution in [0.1, 0.15) is 25.3 Å². The van der Waals surface area contributed by atoms with Gasteiger partial charge < -0.3 is 10.0 Å². The number of aliphatic carboxylic acids is 1. The third kappa shape index (κ3) is 4.63. The Morgan fingerprint density at radius 3 is 2.65 bits per heavy atom. The highest BCUT2D eigenvalue weighted by atomic mass is 16.4. The molecule has 0 aliphatic rings. The smallest absolute Gasteiger partial charge is 0.328 e. The number of aromatic nitrogens is 2. The van der Waals surface area contributed by atoms with Crippen LogP contribution in [-0.4, -0.2) is 34.6 Å². The van der Waals surface area contributed by atoms with Gasteiger partial charge in [0.2, 0.25) is 5.95 Å². The molecule has 1 heterocycles. The molecule has 0 aliphatic heterocycles. The van der Waals surface area contributed by atoms with E-state index in [1.165, 1.54) is 6.08 Å². The Kier molecular flexibility index (Phi) is 5.13. The van der Waals surface area contributed by atoms with E-state index < -0.39 is 5.97 Å². The van der Waals surface area contributed by atoms with Gasteiger partial charge in [-0.15, -0.1) is 0 Å². The van der Waals surface area contributed by atoms with E-state index >= 15 is 0 Å². The van der Waals surface area contributed by atoms with Crippen molar-refractivity contribution in [2.24, 2.45) is 0 Å². The minimum absolute atomic E-state index is 0.658. The average molecular weight is 235 g/mol. The van der Waals surface area contributed by atoms with Crippen molar-refractivity contribution in [3.8, 4) is 0 Å². The lowest BCUT2D eigenvalue weighted by Crippen LogP contribution is -2.20. The zero-order chi connectivity index (χ0) is 12.7. The molecule has 0 unspecified atom stereocenters. The maximum atomic E-state index is 10.3. The summed E-state index contributed by atoms with van der Waals surface area (Å²) in [4.78, 5) is 20.7. The van der Waals surface area contributed by atoms with Crippen molar-refractivity contribution in [1.82, 2.24) is 9.97 Å². The number of carboxylic acid groups (broad SMARTS) is 1. The van der Waals surface area contributed by atoms with E-state index in [0.29, 0.717) is 11.5 Å². The summed E-state index contributed by atoms with van der Waals surface area (Å²) in [6.45, 7) is 3.05. The van der Waals surface area contributed by atoms with Crippen LogP contribution in [0.15, 0.2) is 18.5 Å². The van der Waals surface area contributed by atoms with Crippen LogP contribution in [0.5, 0.6) is 0 Å². The van der Waals surface area contributed by atoms with Crippen LogP contribution < -0.4 is 4.90 Å². The minimum Gasteiger partial charge on any atom is -0.478 e. The molecule has 0 amide bonds. The van der Waals surface area contributed by atoms with E-state index in [0.717, 1.165) is 25.5 Å². The maximum Gasteiger partial charge on any atom is 0.328 e. The number of unbranched alkanes of at least 4 members (excludes halogenated alkanes) is 1. The number of carbonyl (C=O) groups is 1. The highest BCUT2D eigenvalue weighted by Crippen LogP contribution is 2.07. The number of hydrogen-bond donors (Lipinski definition) is 1. The molecule has 92 valence electrons. The summed E-state index contributed by atoms with van der Waals surface area (Å²) < 4.78 is 0. The summed E-state index contributed by atoms with van der Waals surface area (Å²) >= 11 is 0. The molecular weight excluding hydrogens is 218 g/mol. The number of carboxylic acids is 1. The molecule has 0 aliphatic carbocycles. The van der Waals surface area contributed by atoms with Gasteiger partial charge >= 0.3 is 5.97 Å². The second kappa shape index (κ2) is 6.62. The largest absolute Gasteiger partial charge is 0.478 e. The van der Waals surface area contributed by atoms with Crippen molar-refractivity contribution in [2.45, 2.75) is 19.8 Å². The number of rotatable bonds is 6. The number of nitrogens with zero attached hydrogens (tertiary/aromatic N) is 3. The van der Waals surface area contributed by atoms with Gasteiger partial charge in [0.1, 0.15) is 0 Å². The van der Waals surface area contributed by atoms with Gasteiger partial charge in [-0.3, -0.25) is 0 Å². The van der Waals surface area contributed by atoms with E-state index in [2.05, 4.69) is 16.9 Å². The molecule has 1 N–H and O–H groups in total. The molecule has 1 aromatic rings. The minimum atomic E-state index is -0.978. The highest BCUT2D eigenvalue weighted by molar-refractivity contribution is 5.85. The van der Waals surface area contributed by atoms with E-state index in [9.17, 15) is 4.79 Å². The van der Waals surface area contributed by atoms with Gasteiger partial charge in [0, 0.05) is 37.6 Å². The van der Waals surface area contributed by atoms with Crippen LogP contribution in [0.25, 0.3) is 6.08 Å². The van der Waals surface area contributed by atoms with Gasteiger partial charge in [0.25, 0.3) is 0 Å². The number of anilines is 1. The average Bonchev–Trinajstić information content (AvgIpc) is 2.34. The summed E-state index contributed by atoms with van der Waals surface area (Å²) in [6, 6.07) is 0. The first kappa shape index (κ1) is 13.2. The van der Waals surface area contributed by atoms with E-state index in [4.69, 9.17) is 5.11 Å². The Labute approximate surface area is 101 Å². The second-order valence-electron chi connectivity index (χ2n) is 3.76. The zero-order valence-corrected chi connectivity index (χ0v) is 10.1. The molecule has 0 atom stereocenters. The first-order valence-corrected chi connectivity index (χ1v) is 5.57. The van der Waals surface area contributed by atoms with Crippen molar-refractivity contribution >= 4 is 18.0 Å². The first-order chi connectivity index (χ1) is 8.13. The van der Waals surface area contributed by atoms with Crippen molar-refractivity contribution in [2.75, 3.05) is 18.5 Å². The van der Waals surface area contributed by atoms with Crippen LogP contribution in [0, 0.1) is 0 Å². The van der Waals surface area contributed by atoms with Crippen LogP contribution in [0.3, 0.4) is 0 Å². The van der Waals surface area contributed by atoms with Crippen molar-refractivity contribution in [3.63, 3.8) is 0 Å². The third-order valence-electron chi connectivity index (χ3n) is 2.27. The Balaban J connectivity index is 2.64. The Morgan fingerprint density at radius 1 is 1.47 bits per heavy atom. The SMILES string of the molecule is CCCCN(C)c1ncc(/C=C/C(=O)O)cn1. The van der Waals surface area contributed by atoms with Crippen molar-refractivity contribution < 1.29 is 9.90 Å². The first-order valence-electron chi connectivity index (χ1n) is 5.57. The standard InChI is InChI=1S/C12H17N3O2/c1-3-4-7-15(2)12-13-8-10(9-14-12)5-6-11(16)17/h5-6,8-9H,3-4,7H2,1-2H3,(H,16,17)/b6-5+. The maximum absolute atomic E-state index is 10.3. The van der Waals surface area contributed by atoms with Crippen molar-refractivity contribution in [1.29, 1.82) is 0 Å². The van der Waals surface area contributed by atoms with Gasteiger partial charge in [-0.05, 0) is 12.5 Å². The van der Waals surface area contributed by atoms with Gasteiger partial charge in [-0.25, -0.2) is 14.8 Å². The van der Waals surface area contributed by atoms with E-state index in [-0.39, 0.29) is 0 Å². The van der Waals surface area contributed by atoms with Crippen LogP contribution in [-0.2, 0) is 4.79 Å². The molecule has 1 rings (SSSR count). The lowest BCUT2D eigenvalue weighted by atomic mass is 10.3. The predicted octanol–water partition coefficient (Wildman–Crippen LogP) is 1.81. The molecule has 0 spiro atoms. The molecule has 0 aromatic carbocycles. The monoisotopic (exact) mass is 235 g/mol. The summed E-state index contributed by atoms with van der Waals surface area (Å²) in [6.07, 6.45) is 8.00. The summed E-state index contributed by atoms with van der Waals surface area (Å²) in [7, 11) is 1.94. The van der Waals surface area contributed by atoms with Gasteiger partial charge in [-0.1, -0.05) is 13.3 Å². The fourth-order valence-electron chi connectivity index (χ4n) is 1.28. The van der Waals surface area contributed by atoms with Crippen molar-refractivity contribution in [3.05, 3.63) is 24.0 Å². The second-order valence-corrected chi connectivity index (χ2v) is 3.76. The summed E-state index contributed by atoms with van der Waals surface area (Å²) in [5, 5.41) is 8.48. The van der Waals surface area contributed by atoms with Crippen LogP contribution in [0.2, 0.25) is 0 Å². The van der Waals surface area contributed by atoms with Gasteiger partial charge in [-0.2, -0.15) is 0 Å².